The molecular weight excluding hydrogens is 249 g/mol. The van der Waals surface area contributed by atoms with Gasteiger partial charge in [0.1, 0.15) is 5.82 Å². The zero-order chi connectivity index (χ0) is 13.8. The summed E-state index contributed by atoms with van der Waals surface area (Å²) in [5.41, 5.74) is 0.922. The molecule has 0 aliphatic carbocycles. The Morgan fingerprint density at radius 3 is 2.50 bits per heavy atom. The molecule has 0 fully saturated rings. The van der Waals surface area contributed by atoms with E-state index >= 15 is 0 Å². The molecule has 0 saturated heterocycles. The molecule has 1 rings (SSSR count). The molecule has 0 radical (unpaired) electrons. The average Bonchev–Trinajstić information content (AvgIpc) is 2.24. The zero-order valence-corrected chi connectivity index (χ0v) is 12.4. The van der Waals surface area contributed by atoms with Crippen molar-refractivity contribution in [1.29, 1.82) is 0 Å². The van der Waals surface area contributed by atoms with Gasteiger partial charge in [-0.15, -0.1) is 0 Å². The van der Waals surface area contributed by atoms with Crippen LogP contribution in [-0.2, 0) is 6.42 Å². The molecule has 0 aliphatic heterocycles. The number of benzene rings is 1. The topological polar surface area (TPSA) is 12.0 Å². The highest BCUT2D eigenvalue weighted by atomic mass is 35.5. The molecule has 0 aromatic heterocycles. The van der Waals surface area contributed by atoms with Crippen molar-refractivity contribution < 1.29 is 4.39 Å². The zero-order valence-electron chi connectivity index (χ0n) is 11.7. The van der Waals surface area contributed by atoms with Gasteiger partial charge in [-0.1, -0.05) is 45.4 Å². The van der Waals surface area contributed by atoms with Crippen molar-refractivity contribution in [1.82, 2.24) is 5.32 Å². The molecule has 0 aliphatic rings. The van der Waals surface area contributed by atoms with Gasteiger partial charge in [0.15, 0.2) is 0 Å². The lowest BCUT2D eigenvalue weighted by Gasteiger charge is -2.31. The summed E-state index contributed by atoms with van der Waals surface area (Å²) in [7, 11) is 0. The first-order chi connectivity index (χ1) is 8.34. The lowest BCUT2D eigenvalue weighted by atomic mass is 9.83. The van der Waals surface area contributed by atoms with E-state index in [4.69, 9.17) is 11.6 Å². The largest absolute Gasteiger partial charge is 0.314 e. The fraction of sp³-hybridized carbons (Fsp3) is 0.600. The van der Waals surface area contributed by atoms with Crippen LogP contribution in [0.1, 0.15) is 39.7 Å². The van der Waals surface area contributed by atoms with Crippen LogP contribution < -0.4 is 5.32 Å². The Hall–Kier alpha value is -0.600. The molecule has 1 unspecified atom stereocenters. The van der Waals surface area contributed by atoms with E-state index in [0.717, 1.165) is 24.9 Å². The molecule has 3 heteroatoms. The third-order valence-electron chi connectivity index (χ3n) is 3.21. The van der Waals surface area contributed by atoms with Gasteiger partial charge >= 0.3 is 0 Å². The van der Waals surface area contributed by atoms with Gasteiger partial charge in [-0.2, -0.15) is 0 Å². The van der Waals surface area contributed by atoms with Crippen molar-refractivity contribution in [2.45, 2.75) is 46.6 Å². The Bertz CT molecular complexity index is 385. The Labute approximate surface area is 115 Å². The predicted molar refractivity (Wildman–Crippen MR) is 76.7 cm³/mol. The van der Waals surface area contributed by atoms with Gasteiger partial charge < -0.3 is 5.32 Å². The number of halogens is 2. The van der Waals surface area contributed by atoms with Crippen LogP contribution in [0.2, 0.25) is 5.02 Å². The lowest BCUT2D eigenvalue weighted by Crippen LogP contribution is -2.40. The highest BCUT2D eigenvalue weighted by molar-refractivity contribution is 6.30. The molecule has 1 aromatic rings. The van der Waals surface area contributed by atoms with E-state index < -0.39 is 0 Å². The summed E-state index contributed by atoms with van der Waals surface area (Å²) in [6, 6.07) is 5.30. The second-order valence-electron chi connectivity index (χ2n) is 5.75. The first-order valence-corrected chi connectivity index (χ1v) is 6.89. The second-order valence-corrected chi connectivity index (χ2v) is 6.19. The van der Waals surface area contributed by atoms with E-state index in [1.807, 2.05) is 0 Å². The summed E-state index contributed by atoms with van der Waals surface area (Å²) in [6.07, 6.45) is 1.66. The fourth-order valence-electron chi connectivity index (χ4n) is 2.11. The van der Waals surface area contributed by atoms with Gasteiger partial charge in [-0.05, 0) is 42.5 Å². The molecule has 1 nitrogen and oxygen atoms in total. The van der Waals surface area contributed by atoms with E-state index in [1.165, 1.54) is 6.07 Å². The Balaban J connectivity index is 2.67. The first kappa shape index (κ1) is 15.5. The highest BCUT2D eigenvalue weighted by Gasteiger charge is 2.23. The number of aryl methyl sites for hydroxylation is 1. The van der Waals surface area contributed by atoms with Crippen LogP contribution in [-0.4, -0.2) is 12.6 Å². The number of rotatable bonds is 5. The Morgan fingerprint density at radius 1 is 1.33 bits per heavy atom. The molecule has 18 heavy (non-hydrogen) atoms. The highest BCUT2D eigenvalue weighted by Crippen LogP contribution is 2.24. The van der Waals surface area contributed by atoms with Crippen LogP contribution in [0, 0.1) is 11.2 Å². The second kappa shape index (κ2) is 6.53. The summed E-state index contributed by atoms with van der Waals surface area (Å²) in [5, 5.41) is 3.93. The molecule has 1 aromatic carbocycles. The lowest BCUT2D eigenvalue weighted by molar-refractivity contribution is 0.258. The maximum absolute atomic E-state index is 13.7. The normalized spacial score (nSPS) is 13.7. The molecular formula is C15H23ClFN. The summed E-state index contributed by atoms with van der Waals surface area (Å²) >= 11 is 5.75. The fourth-order valence-corrected chi connectivity index (χ4v) is 2.27. The average molecular weight is 272 g/mol. The minimum Gasteiger partial charge on any atom is -0.314 e. The van der Waals surface area contributed by atoms with Gasteiger partial charge in [-0.3, -0.25) is 0 Å². The monoisotopic (exact) mass is 271 g/mol. The van der Waals surface area contributed by atoms with Gasteiger partial charge in [0, 0.05) is 11.1 Å². The van der Waals surface area contributed by atoms with E-state index in [2.05, 4.69) is 33.0 Å². The molecule has 0 bridgehead atoms. The van der Waals surface area contributed by atoms with Crippen molar-refractivity contribution in [3.05, 3.63) is 34.6 Å². The molecule has 0 amide bonds. The minimum absolute atomic E-state index is 0.179. The Kier molecular flexibility index (Phi) is 5.61. The first-order valence-electron chi connectivity index (χ1n) is 6.52. The van der Waals surface area contributed by atoms with E-state index in [-0.39, 0.29) is 11.2 Å². The Morgan fingerprint density at radius 2 is 2.00 bits per heavy atom. The van der Waals surface area contributed by atoms with Gasteiger partial charge in [-0.25, -0.2) is 4.39 Å². The summed E-state index contributed by atoms with van der Waals surface area (Å²) in [4.78, 5) is 0. The van der Waals surface area contributed by atoms with Gasteiger partial charge in [0.05, 0.1) is 0 Å². The van der Waals surface area contributed by atoms with Crippen LogP contribution in [0.3, 0.4) is 0 Å². The third-order valence-corrected chi connectivity index (χ3v) is 3.45. The van der Waals surface area contributed by atoms with E-state index in [9.17, 15) is 4.39 Å². The van der Waals surface area contributed by atoms with Crippen molar-refractivity contribution in [2.75, 3.05) is 6.54 Å². The summed E-state index contributed by atoms with van der Waals surface area (Å²) < 4.78 is 13.7. The number of hydrogen-bond donors (Lipinski definition) is 1. The minimum atomic E-state index is -0.202. The molecule has 1 N–H and O–H groups in total. The molecule has 1 atom stereocenters. The smallest absolute Gasteiger partial charge is 0.127 e. The van der Waals surface area contributed by atoms with Crippen molar-refractivity contribution in [3.8, 4) is 0 Å². The van der Waals surface area contributed by atoms with Gasteiger partial charge in [0.2, 0.25) is 0 Å². The third kappa shape index (κ3) is 4.58. The van der Waals surface area contributed by atoms with Crippen molar-refractivity contribution in [3.63, 3.8) is 0 Å². The van der Waals surface area contributed by atoms with E-state index in [0.29, 0.717) is 11.1 Å². The van der Waals surface area contributed by atoms with Crippen molar-refractivity contribution >= 4 is 11.6 Å². The van der Waals surface area contributed by atoms with Gasteiger partial charge in [0.25, 0.3) is 0 Å². The van der Waals surface area contributed by atoms with Crippen molar-refractivity contribution in [2.24, 2.45) is 5.41 Å². The summed E-state index contributed by atoms with van der Waals surface area (Å²) in [5.74, 6) is -0.202. The summed E-state index contributed by atoms with van der Waals surface area (Å²) in [6.45, 7) is 9.66. The quantitative estimate of drug-likeness (QED) is 0.835. The number of nitrogens with one attached hydrogen (secondary N) is 1. The maximum Gasteiger partial charge on any atom is 0.127 e. The molecule has 102 valence electrons. The van der Waals surface area contributed by atoms with Crippen LogP contribution in [0.25, 0.3) is 0 Å². The molecule has 0 heterocycles. The van der Waals surface area contributed by atoms with Crippen LogP contribution >= 0.6 is 11.6 Å². The SMILES string of the molecule is CCNC(CCc1ccc(Cl)cc1F)C(C)(C)C. The van der Waals surface area contributed by atoms with Crippen LogP contribution in [0.5, 0.6) is 0 Å². The molecule has 0 spiro atoms. The number of hydrogen-bond acceptors (Lipinski definition) is 1. The standard InChI is InChI=1S/C15H23ClFN/c1-5-18-14(15(2,3)4)9-7-11-6-8-12(16)10-13(11)17/h6,8,10,14,18H,5,7,9H2,1-4H3. The van der Waals surface area contributed by atoms with Crippen LogP contribution in [0.15, 0.2) is 18.2 Å². The van der Waals surface area contributed by atoms with Crippen LogP contribution in [0.4, 0.5) is 4.39 Å². The van der Waals surface area contributed by atoms with E-state index in [1.54, 1.807) is 12.1 Å². The maximum atomic E-state index is 13.7. The predicted octanol–water partition coefficient (Wildman–Crippen LogP) is 4.44. The molecule has 0 saturated carbocycles.